The van der Waals surface area contributed by atoms with Crippen LogP contribution in [0.4, 0.5) is 5.69 Å². The van der Waals surface area contributed by atoms with Crippen molar-refractivity contribution in [2.24, 2.45) is 12.8 Å². The number of para-hydroxylation sites is 1. The van der Waals surface area contributed by atoms with Crippen LogP contribution in [-0.2, 0) is 11.8 Å². The second kappa shape index (κ2) is 8.65. The van der Waals surface area contributed by atoms with Crippen molar-refractivity contribution in [3.8, 4) is 11.4 Å². The summed E-state index contributed by atoms with van der Waals surface area (Å²) in [5.74, 6) is 0.639. The molecule has 0 spiro atoms. The Labute approximate surface area is 166 Å². The highest BCUT2D eigenvalue weighted by Crippen LogP contribution is 2.22. The topological polar surface area (TPSA) is 89.1 Å². The van der Waals surface area contributed by atoms with E-state index in [-0.39, 0.29) is 16.8 Å². The molecular formula is C18H18N6OS2. The van der Waals surface area contributed by atoms with Crippen molar-refractivity contribution in [3.63, 3.8) is 0 Å². The summed E-state index contributed by atoms with van der Waals surface area (Å²) in [5, 5.41) is 10.5. The predicted octanol–water partition coefficient (Wildman–Crippen LogP) is 2.36. The van der Waals surface area contributed by atoms with Crippen molar-refractivity contribution < 1.29 is 4.79 Å². The van der Waals surface area contributed by atoms with Gasteiger partial charge in [-0.1, -0.05) is 60.3 Å². The number of nitrogens with zero attached hydrogens (tertiary/aromatic N) is 4. The summed E-state index contributed by atoms with van der Waals surface area (Å²) in [4.78, 5) is 12.3. The van der Waals surface area contributed by atoms with Crippen molar-refractivity contribution >= 4 is 40.7 Å². The van der Waals surface area contributed by atoms with Crippen LogP contribution < -0.4 is 16.2 Å². The molecule has 0 atom stereocenters. The Morgan fingerprint density at radius 2 is 1.78 bits per heavy atom. The van der Waals surface area contributed by atoms with Gasteiger partial charge in [-0.15, -0.1) is 10.2 Å². The largest absolute Gasteiger partial charge is 0.374 e. The molecule has 138 valence electrons. The van der Waals surface area contributed by atoms with E-state index in [1.54, 1.807) is 12.1 Å². The lowest BCUT2D eigenvalue weighted by atomic mass is 10.2. The van der Waals surface area contributed by atoms with Crippen LogP contribution in [0.25, 0.3) is 11.4 Å². The Hall–Kier alpha value is -2.91. The van der Waals surface area contributed by atoms with Gasteiger partial charge in [0.15, 0.2) is 16.1 Å². The molecule has 3 N–H and O–H groups in total. The van der Waals surface area contributed by atoms with E-state index in [4.69, 9.17) is 18.0 Å². The molecule has 0 saturated carbocycles. The van der Waals surface area contributed by atoms with E-state index < -0.39 is 0 Å². The maximum absolute atomic E-state index is 12.3. The molecule has 3 aromatic rings. The van der Waals surface area contributed by atoms with E-state index in [9.17, 15) is 4.79 Å². The van der Waals surface area contributed by atoms with Gasteiger partial charge in [-0.2, -0.15) is 0 Å². The summed E-state index contributed by atoms with van der Waals surface area (Å²) in [6.45, 7) is 0. The van der Waals surface area contributed by atoms with Crippen LogP contribution in [0.15, 0.2) is 65.8 Å². The van der Waals surface area contributed by atoms with Crippen LogP contribution in [0.2, 0.25) is 0 Å². The van der Waals surface area contributed by atoms with Crippen molar-refractivity contribution in [2.75, 3.05) is 10.8 Å². The fraction of sp³-hybridized carbons (Fsp3) is 0.111. The molecule has 1 amide bonds. The van der Waals surface area contributed by atoms with Crippen LogP contribution >= 0.6 is 24.0 Å². The van der Waals surface area contributed by atoms with Gasteiger partial charge in [-0.3, -0.25) is 10.2 Å². The standard InChI is InChI=1S/C18H18N6OS2/c1-23-16(13-8-4-2-5-9-13)20-21-18(23)27-12-15(25)22-24(17(19)26)14-10-6-3-7-11-14/h2-11H,12H2,1H3,(H2,19,26)(H,22,25). The molecule has 0 saturated heterocycles. The molecule has 1 heterocycles. The van der Waals surface area contributed by atoms with Gasteiger partial charge in [-0.05, 0) is 24.4 Å². The first-order valence-electron chi connectivity index (χ1n) is 8.08. The molecule has 0 aliphatic carbocycles. The van der Waals surface area contributed by atoms with Crippen LogP contribution in [-0.4, -0.2) is 31.5 Å². The summed E-state index contributed by atoms with van der Waals surface area (Å²) in [5.41, 5.74) is 10.1. The molecule has 0 fully saturated rings. The summed E-state index contributed by atoms with van der Waals surface area (Å²) in [7, 11) is 1.87. The molecule has 0 aliphatic rings. The monoisotopic (exact) mass is 398 g/mol. The third-order valence-corrected chi connectivity index (χ3v) is 4.87. The number of carbonyl (C=O) groups is 1. The van der Waals surface area contributed by atoms with Crippen LogP contribution in [0, 0.1) is 0 Å². The number of aromatic nitrogens is 3. The minimum Gasteiger partial charge on any atom is -0.374 e. The number of nitrogens with one attached hydrogen (secondary N) is 1. The first kappa shape index (κ1) is 18.9. The van der Waals surface area contributed by atoms with E-state index in [2.05, 4.69) is 15.6 Å². The van der Waals surface area contributed by atoms with Gasteiger partial charge in [-0.25, -0.2) is 5.01 Å². The summed E-state index contributed by atoms with van der Waals surface area (Å²) in [6.07, 6.45) is 0. The number of hydrogen-bond donors (Lipinski definition) is 2. The zero-order valence-corrected chi connectivity index (χ0v) is 16.2. The Kier molecular flexibility index (Phi) is 6.05. The van der Waals surface area contributed by atoms with Crippen LogP contribution in [0.5, 0.6) is 0 Å². The van der Waals surface area contributed by atoms with Crippen molar-refractivity contribution in [1.82, 2.24) is 20.2 Å². The van der Waals surface area contributed by atoms with Gasteiger partial charge < -0.3 is 10.3 Å². The molecular weight excluding hydrogens is 380 g/mol. The number of carbonyl (C=O) groups excluding carboxylic acids is 1. The van der Waals surface area contributed by atoms with Crippen molar-refractivity contribution in [1.29, 1.82) is 0 Å². The summed E-state index contributed by atoms with van der Waals surface area (Å²) < 4.78 is 1.86. The third kappa shape index (κ3) is 4.63. The average Bonchev–Trinajstić information content (AvgIpc) is 3.06. The Morgan fingerprint density at radius 1 is 1.15 bits per heavy atom. The van der Waals surface area contributed by atoms with E-state index in [1.807, 2.05) is 60.1 Å². The minimum atomic E-state index is -0.249. The molecule has 0 unspecified atom stereocenters. The van der Waals surface area contributed by atoms with Crippen LogP contribution in [0.3, 0.4) is 0 Å². The van der Waals surface area contributed by atoms with Crippen molar-refractivity contribution in [2.45, 2.75) is 5.16 Å². The fourth-order valence-electron chi connectivity index (χ4n) is 2.39. The molecule has 9 heteroatoms. The second-order valence-corrected chi connectivity index (χ2v) is 6.92. The lowest BCUT2D eigenvalue weighted by Gasteiger charge is -2.23. The first-order chi connectivity index (χ1) is 13.1. The first-order valence-corrected chi connectivity index (χ1v) is 9.47. The number of hydrogen-bond acceptors (Lipinski definition) is 5. The number of anilines is 1. The number of thiocarbonyl (C=S) groups is 1. The molecule has 3 rings (SSSR count). The molecule has 1 aromatic heterocycles. The molecule has 0 bridgehead atoms. The second-order valence-electron chi connectivity index (χ2n) is 5.56. The van der Waals surface area contributed by atoms with E-state index in [1.165, 1.54) is 16.8 Å². The van der Waals surface area contributed by atoms with E-state index >= 15 is 0 Å². The van der Waals surface area contributed by atoms with Gasteiger partial charge in [0.05, 0.1) is 11.4 Å². The maximum atomic E-state index is 12.3. The smallest absolute Gasteiger partial charge is 0.249 e. The SMILES string of the molecule is Cn1c(SCC(=O)NN(C(N)=S)c2ccccc2)nnc1-c1ccccc1. The Bertz CT molecular complexity index is 930. The average molecular weight is 399 g/mol. The van der Waals surface area contributed by atoms with E-state index in [0.29, 0.717) is 10.8 Å². The number of benzene rings is 2. The van der Waals surface area contributed by atoms with Gasteiger partial charge in [0.25, 0.3) is 0 Å². The fourth-order valence-corrected chi connectivity index (χ4v) is 3.24. The lowest BCUT2D eigenvalue weighted by molar-refractivity contribution is -0.118. The van der Waals surface area contributed by atoms with Gasteiger partial charge in [0.1, 0.15) is 0 Å². The molecule has 2 aromatic carbocycles. The summed E-state index contributed by atoms with van der Waals surface area (Å²) >= 11 is 6.32. The van der Waals surface area contributed by atoms with Gasteiger partial charge >= 0.3 is 0 Å². The van der Waals surface area contributed by atoms with Crippen LogP contribution in [0.1, 0.15) is 0 Å². The highest BCUT2D eigenvalue weighted by molar-refractivity contribution is 7.99. The zero-order chi connectivity index (χ0) is 19.2. The Balaban J connectivity index is 1.64. The highest BCUT2D eigenvalue weighted by atomic mass is 32.2. The maximum Gasteiger partial charge on any atom is 0.249 e. The molecule has 0 aliphatic heterocycles. The normalized spacial score (nSPS) is 10.4. The highest BCUT2D eigenvalue weighted by Gasteiger charge is 2.16. The van der Waals surface area contributed by atoms with E-state index in [0.717, 1.165) is 11.4 Å². The van der Waals surface area contributed by atoms with Gasteiger partial charge in [0, 0.05) is 12.6 Å². The molecule has 0 radical (unpaired) electrons. The number of amides is 1. The summed E-state index contributed by atoms with van der Waals surface area (Å²) in [6, 6.07) is 18.9. The number of thioether (sulfide) groups is 1. The van der Waals surface area contributed by atoms with Gasteiger partial charge in [0.2, 0.25) is 5.91 Å². The third-order valence-electron chi connectivity index (χ3n) is 3.67. The number of rotatable bonds is 5. The minimum absolute atomic E-state index is 0.0598. The van der Waals surface area contributed by atoms with Crippen molar-refractivity contribution in [3.05, 3.63) is 60.7 Å². The Morgan fingerprint density at radius 3 is 2.41 bits per heavy atom. The molecule has 7 nitrogen and oxygen atoms in total. The predicted molar refractivity (Wildman–Crippen MR) is 111 cm³/mol. The quantitative estimate of drug-likeness (QED) is 0.387. The number of nitrogens with two attached hydrogens (primary N) is 1. The zero-order valence-electron chi connectivity index (χ0n) is 14.6. The molecule has 27 heavy (non-hydrogen) atoms. The number of hydrazine groups is 1. The lowest BCUT2D eigenvalue weighted by Crippen LogP contribution is -2.49.